The first kappa shape index (κ1) is 17.2. The fourth-order valence-electron chi connectivity index (χ4n) is 1.91. The smallest absolute Gasteiger partial charge is 0.309 e. The zero-order chi connectivity index (χ0) is 16.5. The summed E-state index contributed by atoms with van der Waals surface area (Å²) < 4.78 is 46.5. The number of nitrogens with zero attached hydrogens (tertiary/aromatic N) is 3. The lowest BCUT2D eigenvalue weighted by Gasteiger charge is -2.27. The average Bonchev–Trinajstić information content (AvgIpc) is 2.82. The molecule has 2 rings (SSSR count). The molecule has 4 nitrogen and oxygen atoms in total. The van der Waals surface area contributed by atoms with Gasteiger partial charge >= 0.3 is 6.18 Å². The Morgan fingerprint density at radius 3 is 2.59 bits per heavy atom. The average molecular weight is 381 g/mol. The topological polar surface area (TPSA) is 27.1 Å². The lowest BCUT2D eigenvalue weighted by molar-refractivity contribution is -0.908. The molecule has 0 atom stereocenters. The highest BCUT2D eigenvalue weighted by Crippen LogP contribution is 2.38. The Hall–Kier alpha value is -1.12. The molecular weight excluding hydrogens is 363 g/mol. The fourth-order valence-corrected chi connectivity index (χ4v) is 2.57. The third-order valence-electron chi connectivity index (χ3n) is 3.58. The van der Waals surface area contributed by atoms with Gasteiger partial charge in [0.25, 0.3) is 0 Å². The number of quaternary nitrogens is 1. The summed E-state index contributed by atoms with van der Waals surface area (Å²) in [6.45, 7) is 3.67. The van der Waals surface area contributed by atoms with Crippen LogP contribution in [0.2, 0.25) is 0 Å². The Balaban J connectivity index is 2.22. The molecule has 22 heavy (non-hydrogen) atoms. The van der Waals surface area contributed by atoms with Crippen LogP contribution in [-0.2, 0) is 17.6 Å². The molecule has 8 heteroatoms. The molecule has 0 aliphatic heterocycles. The molecular formula is C14H18BrF3N3O+. The molecule has 0 saturated heterocycles. The largest absolute Gasteiger partial charge is 0.417 e. The van der Waals surface area contributed by atoms with Crippen molar-refractivity contribution in [2.24, 2.45) is 0 Å². The molecule has 0 bridgehead atoms. The zero-order valence-corrected chi connectivity index (χ0v) is 14.2. The summed E-state index contributed by atoms with van der Waals surface area (Å²) in [7, 11) is 4.07. The minimum absolute atomic E-state index is 0.00780. The molecule has 1 aromatic carbocycles. The SMILES string of the molecule is CC[N+](C)(C)COCn1ncc2c(Br)c(C(F)(F)F)ccc21. The van der Waals surface area contributed by atoms with Crippen molar-refractivity contribution < 1.29 is 22.4 Å². The van der Waals surface area contributed by atoms with E-state index in [1.807, 2.05) is 14.1 Å². The maximum Gasteiger partial charge on any atom is 0.417 e. The van der Waals surface area contributed by atoms with Crippen molar-refractivity contribution in [2.75, 3.05) is 27.4 Å². The van der Waals surface area contributed by atoms with Crippen LogP contribution in [0.1, 0.15) is 12.5 Å². The van der Waals surface area contributed by atoms with E-state index in [-0.39, 0.29) is 11.2 Å². The molecule has 0 spiro atoms. The number of ether oxygens (including phenoxy) is 1. The van der Waals surface area contributed by atoms with Crippen LogP contribution in [-0.4, -0.2) is 41.6 Å². The van der Waals surface area contributed by atoms with E-state index in [9.17, 15) is 13.2 Å². The van der Waals surface area contributed by atoms with Crippen LogP contribution in [0, 0.1) is 0 Å². The Labute approximate surface area is 135 Å². The van der Waals surface area contributed by atoms with Crippen LogP contribution in [0.3, 0.4) is 0 Å². The van der Waals surface area contributed by atoms with Gasteiger partial charge in [-0.1, -0.05) is 0 Å². The van der Waals surface area contributed by atoms with E-state index in [0.29, 0.717) is 22.1 Å². The summed E-state index contributed by atoms with van der Waals surface area (Å²) in [5.41, 5.74) is -0.106. The highest BCUT2D eigenvalue weighted by atomic mass is 79.9. The normalized spacial score (nSPS) is 13.0. The molecule has 0 unspecified atom stereocenters. The molecule has 1 aromatic heterocycles. The Bertz CT molecular complexity index is 667. The standard InChI is InChI=1S/C14H18BrF3N3O/c1-4-21(2,3)9-22-8-20-12-6-5-11(14(16,17)18)13(15)10(12)7-19-20/h5-7H,4,8-9H2,1-3H3/q+1. The van der Waals surface area contributed by atoms with Crippen LogP contribution in [0.5, 0.6) is 0 Å². The number of hydrogen-bond acceptors (Lipinski definition) is 2. The van der Waals surface area contributed by atoms with Gasteiger partial charge in [-0.2, -0.15) is 18.3 Å². The quantitative estimate of drug-likeness (QED) is 0.581. The van der Waals surface area contributed by atoms with Gasteiger partial charge in [-0.3, -0.25) is 0 Å². The van der Waals surface area contributed by atoms with Crippen molar-refractivity contribution in [1.82, 2.24) is 9.78 Å². The van der Waals surface area contributed by atoms with Crippen LogP contribution in [0.25, 0.3) is 10.9 Å². The van der Waals surface area contributed by atoms with Gasteiger partial charge in [-0.25, -0.2) is 4.68 Å². The van der Waals surface area contributed by atoms with Crippen LogP contribution in [0.4, 0.5) is 13.2 Å². The molecule has 0 N–H and O–H groups in total. The summed E-state index contributed by atoms with van der Waals surface area (Å²) in [6, 6.07) is 2.47. The number of rotatable bonds is 5. The predicted octanol–water partition coefficient (Wildman–Crippen LogP) is 3.85. The lowest BCUT2D eigenvalue weighted by atomic mass is 10.1. The maximum absolute atomic E-state index is 12.9. The Morgan fingerprint density at radius 1 is 1.32 bits per heavy atom. The van der Waals surface area contributed by atoms with Crippen molar-refractivity contribution in [3.63, 3.8) is 0 Å². The van der Waals surface area contributed by atoms with Gasteiger partial charge in [0.1, 0.15) is 6.73 Å². The van der Waals surface area contributed by atoms with Crippen molar-refractivity contribution in [3.05, 3.63) is 28.4 Å². The van der Waals surface area contributed by atoms with Gasteiger partial charge in [-0.15, -0.1) is 0 Å². The first-order valence-corrected chi connectivity index (χ1v) is 7.56. The van der Waals surface area contributed by atoms with Crippen molar-refractivity contribution in [3.8, 4) is 0 Å². The molecule has 1 heterocycles. The Kier molecular flexibility index (Phi) is 4.84. The second-order valence-electron chi connectivity index (χ2n) is 5.72. The van der Waals surface area contributed by atoms with Gasteiger partial charge in [0.2, 0.25) is 0 Å². The summed E-state index contributed by atoms with van der Waals surface area (Å²) in [5.74, 6) is 0. The second kappa shape index (κ2) is 6.17. The highest BCUT2D eigenvalue weighted by Gasteiger charge is 2.33. The summed E-state index contributed by atoms with van der Waals surface area (Å²) in [5, 5.41) is 4.53. The van der Waals surface area contributed by atoms with Gasteiger partial charge < -0.3 is 9.22 Å². The number of halogens is 4. The van der Waals surface area contributed by atoms with Gasteiger partial charge in [-0.05, 0) is 35.0 Å². The summed E-state index contributed by atoms with van der Waals surface area (Å²) >= 11 is 3.02. The van der Waals surface area contributed by atoms with Gasteiger partial charge in [0, 0.05) is 9.86 Å². The number of hydrogen-bond donors (Lipinski definition) is 0. The zero-order valence-electron chi connectivity index (χ0n) is 12.6. The van der Waals surface area contributed by atoms with Crippen molar-refractivity contribution >= 4 is 26.8 Å². The van der Waals surface area contributed by atoms with Crippen molar-refractivity contribution in [1.29, 1.82) is 0 Å². The minimum Gasteiger partial charge on any atom is -0.309 e. The summed E-state index contributed by atoms with van der Waals surface area (Å²) in [4.78, 5) is 0. The molecule has 0 saturated carbocycles. The molecule has 2 aromatic rings. The minimum atomic E-state index is -4.39. The first-order chi connectivity index (χ1) is 10.2. The molecule has 0 aliphatic carbocycles. The summed E-state index contributed by atoms with van der Waals surface area (Å²) in [6.07, 6.45) is -2.98. The van der Waals surface area contributed by atoms with Crippen molar-refractivity contribution in [2.45, 2.75) is 19.8 Å². The predicted molar refractivity (Wildman–Crippen MR) is 81.0 cm³/mol. The third-order valence-corrected chi connectivity index (χ3v) is 4.43. The fraction of sp³-hybridized carbons (Fsp3) is 0.500. The number of fused-ring (bicyclic) bond motifs is 1. The lowest BCUT2D eigenvalue weighted by Crippen LogP contribution is -2.41. The van der Waals surface area contributed by atoms with E-state index < -0.39 is 11.7 Å². The maximum atomic E-state index is 12.9. The van der Waals surface area contributed by atoms with Gasteiger partial charge in [0.05, 0.1) is 37.9 Å². The number of benzene rings is 1. The van der Waals surface area contributed by atoms with E-state index in [0.717, 1.165) is 12.6 Å². The monoisotopic (exact) mass is 380 g/mol. The highest BCUT2D eigenvalue weighted by molar-refractivity contribution is 9.10. The van der Waals surface area contributed by atoms with E-state index in [4.69, 9.17) is 4.74 Å². The van der Waals surface area contributed by atoms with Crippen LogP contribution >= 0.6 is 15.9 Å². The molecule has 0 aliphatic rings. The van der Waals surface area contributed by atoms with Gasteiger partial charge in [0.15, 0.2) is 6.73 Å². The number of alkyl halides is 3. The molecule has 0 fully saturated rings. The molecule has 0 amide bonds. The second-order valence-corrected chi connectivity index (χ2v) is 6.51. The van der Waals surface area contributed by atoms with E-state index in [2.05, 4.69) is 28.0 Å². The third kappa shape index (κ3) is 3.61. The molecule has 0 radical (unpaired) electrons. The molecule has 122 valence electrons. The first-order valence-electron chi connectivity index (χ1n) is 6.76. The Morgan fingerprint density at radius 2 is 2.00 bits per heavy atom. The van der Waals surface area contributed by atoms with E-state index >= 15 is 0 Å². The van der Waals surface area contributed by atoms with E-state index in [1.165, 1.54) is 12.3 Å². The van der Waals surface area contributed by atoms with Crippen LogP contribution < -0.4 is 0 Å². The van der Waals surface area contributed by atoms with E-state index in [1.54, 1.807) is 4.68 Å². The number of aromatic nitrogens is 2. The van der Waals surface area contributed by atoms with Crippen LogP contribution in [0.15, 0.2) is 22.8 Å².